The molecule has 0 spiro atoms. The largest absolute Gasteiger partial charge is 0.441 e. The summed E-state index contributed by atoms with van der Waals surface area (Å²) in [5, 5.41) is 0. The van der Waals surface area contributed by atoms with Crippen LogP contribution >= 0.6 is 0 Å². The molecule has 0 bridgehead atoms. The van der Waals surface area contributed by atoms with Crippen molar-refractivity contribution in [2.75, 3.05) is 0 Å². The number of benzene rings is 1. The van der Waals surface area contributed by atoms with E-state index in [1.807, 2.05) is 25.1 Å². The van der Waals surface area contributed by atoms with Gasteiger partial charge in [0, 0.05) is 11.8 Å². The van der Waals surface area contributed by atoms with E-state index in [1.54, 1.807) is 6.20 Å². The zero-order chi connectivity index (χ0) is 16.9. The van der Waals surface area contributed by atoms with Gasteiger partial charge in [0.25, 0.3) is 0 Å². The van der Waals surface area contributed by atoms with Crippen LogP contribution in [-0.4, -0.2) is 9.97 Å². The first kappa shape index (κ1) is 16.4. The van der Waals surface area contributed by atoms with Crippen molar-refractivity contribution in [3.8, 4) is 11.5 Å². The van der Waals surface area contributed by atoms with Gasteiger partial charge in [-0.25, -0.2) is 4.98 Å². The summed E-state index contributed by atoms with van der Waals surface area (Å²) in [6.07, 6.45) is 1.76. The Morgan fingerprint density at radius 3 is 2.50 bits per heavy atom. The van der Waals surface area contributed by atoms with Crippen LogP contribution < -0.4 is 0 Å². The molecule has 0 aliphatic carbocycles. The highest BCUT2D eigenvalue weighted by atomic mass is 16.5. The molecule has 4 heteroatoms. The maximum absolute atomic E-state index is 5.80. The number of hydrogen-bond donors (Lipinski definition) is 0. The molecule has 0 aliphatic rings. The van der Waals surface area contributed by atoms with Crippen molar-refractivity contribution >= 4 is 0 Å². The second-order valence-corrected chi connectivity index (χ2v) is 6.11. The summed E-state index contributed by atoms with van der Waals surface area (Å²) in [7, 11) is 0. The summed E-state index contributed by atoms with van der Waals surface area (Å²) < 4.78 is 11.5. The van der Waals surface area contributed by atoms with E-state index in [4.69, 9.17) is 9.15 Å². The lowest BCUT2D eigenvalue weighted by molar-refractivity contribution is 0.101. The van der Waals surface area contributed by atoms with Crippen LogP contribution in [0.4, 0.5) is 0 Å². The average Bonchev–Trinajstić information content (AvgIpc) is 2.97. The molecule has 2 aromatic heterocycles. The zero-order valence-corrected chi connectivity index (χ0v) is 14.3. The summed E-state index contributed by atoms with van der Waals surface area (Å²) in [4.78, 5) is 8.81. The third kappa shape index (κ3) is 3.89. The van der Waals surface area contributed by atoms with Crippen molar-refractivity contribution in [3.63, 3.8) is 0 Å². The van der Waals surface area contributed by atoms with Crippen LogP contribution in [0.25, 0.3) is 11.5 Å². The van der Waals surface area contributed by atoms with Gasteiger partial charge in [-0.05, 0) is 42.7 Å². The van der Waals surface area contributed by atoms with Crippen LogP contribution in [0.15, 0.2) is 53.1 Å². The van der Waals surface area contributed by atoms with Crippen molar-refractivity contribution in [3.05, 3.63) is 71.4 Å². The number of rotatable bonds is 6. The Morgan fingerprint density at radius 2 is 1.83 bits per heavy atom. The van der Waals surface area contributed by atoms with E-state index in [2.05, 4.69) is 48.1 Å². The minimum Gasteiger partial charge on any atom is -0.441 e. The van der Waals surface area contributed by atoms with E-state index < -0.39 is 0 Å². The first-order valence-corrected chi connectivity index (χ1v) is 8.18. The van der Waals surface area contributed by atoms with Crippen LogP contribution in [0, 0.1) is 6.92 Å². The normalized spacial score (nSPS) is 11.2. The first-order valence-electron chi connectivity index (χ1n) is 8.18. The van der Waals surface area contributed by atoms with Crippen LogP contribution in [0.5, 0.6) is 0 Å². The second-order valence-electron chi connectivity index (χ2n) is 6.11. The summed E-state index contributed by atoms with van der Waals surface area (Å²) in [6, 6.07) is 14.1. The molecule has 3 aromatic rings. The molecule has 0 amide bonds. The summed E-state index contributed by atoms with van der Waals surface area (Å²) in [5.74, 6) is 1.94. The van der Waals surface area contributed by atoms with Gasteiger partial charge in [-0.15, -0.1) is 0 Å². The molecule has 0 aliphatic heterocycles. The maximum atomic E-state index is 5.80. The van der Waals surface area contributed by atoms with E-state index in [-0.39, 0.29) is 0 Å². The van der Waals surface area contributed by atoms with Crippen LogP contribution in [0.3, 0.4) is 0 Å². The Bertz CT molecular complexity index is 777. The fourth-order valence-electron chi connectivity index (χ4n) is 2.43. The van der Waals surface area contributed by atoms with E-state index in [0.29, 0.717) is 25.0 Å². The Labute approximate surface area is 142 Å². The van der Waals surface area contributed by atoms with Gasteiger partial charge in [-0.2, -0.15) is 0 Å². The molecular formula is C20H22N2O2. The number of hydrogen-bond acceptors (Lipinski definition) is 4. The molecule has 24 heavy (non-hydrogen) atoms. The monoisotopic (exact) mass is 322 g/mol. The van der Waals surface area contributed by atoms with Gasteiger partial charge in [0.15, 0.2) is 0 Å². The van der Waals surface area contributed by atoms with Gasteiger partial charge in [-0.1, -0.05) is 32.0 Å². The third-order valence-corrected chi connectivity index (χ3v) is 3.93. The van der Waals surface area contributed by atoms with Crippen molar-refractivity contribution in [2.45, 2.75) is 39.9 Å². The van der Waals surface area contributed by atoms with Crippen molar-refractivity contribution < 1.29 is 9.15 Å². The van der Waals surface area contributed by atoms with Crippen molar-refractivity contribution in [1.29, 1.82) is 0 Å². The number of nitrogens with zero attached hydrogens (tertiary/aromatic N) is 2. The van der Waals surface area contributed by atoms with Crippen LogP contribution in [-0.2, 0) is 18.0 Å². The quantitative estimate of drug-likeness (QED) is 0.648. The van der Waals surface area contributed by atoms with Gasteiger partial charge in [0.1, 0.15) is 11.5 Å². The molecule has 1 aromatic carbocycles. The Hall–Kier alpha value is -2.46. The number of pyridine rings is 1. The molecule has 0 saturated heterocycles. The molecule has 3 rings (SSSR count). The number of oxazole rings is 1. The lowest BCUT2D eigenvalue weighted by Crippen LogP contribution is -1.97. The lowest BCUT2D eigenvalue weighted by atomic mass is 10.0. The molecule has 0 fully saturated rings. The van der Waals surface area contributed by atoms with Crippen molar-refractivity contribution in [2.24, 2.45) is 0 Å². The Morgan fingerprint density at radius 1 is 1.04 bits per heavy atom. The van der Waals surface area contributed by atoms with E-state index in [0.717, 1.165) is 22.7 Å². The van der Waals surface area contributed by atoms with Gasteiger partial charge in [-0.3, -0.25) is 4.98 Å². The zero-order valence-electron chi connectivity index (χ0n) is 14.3. The number of ether oxygens (including phenoxy) is 1. The number of aromatic nitrogens is 2. The fourth-order valence-corrected chi connectivity index (χ4v) is 2.43. The van der Waals surface area contributed by atoms with E-state index >= 15 is 0 Å². The predicted octanol–water partition coefficient (Wildman–Crippen LogP) is 4.89. The SMILES string of the molecule is Cc1oc(-c2ccc(C(C)C)cc2)nc1COCc1ccccn1. The molecule has 0 radical (unpaired) electrons. The summed E-state index contributed by atoms with van der Waals surface area (Å²) in [6.45, 7) is 7.16. The average molecular weight is 322 g/mol. The van der Waals surface area contributed by atoms with Crippen molar-refractivity contribution in [1.82, 2.24) is 9.97 Å². The maximum Gasteiger partial charge on any atom is 0.226 e. The summed E-state index contributed by atoms with van der Waals surface area (Å²) in [5.41, 5.74) is 4.02. The second kappa shape index (κ2) is 7.41. The number of aryl methyl sites for hydroxylation is 1. The Kier molecular flexibility index (Phi) is 5.06. The highest BCUT2D eigenvalue weighted by Crippen LogP contribution is 2.24. The molecule has 4 nitrogen and oxygen atoms in total. The van der Waals surface area contributed by atoms with Gasteiger partial charge in [0.2, 0.25) is 5.89 Å². The van der Waals surface area contributed by atoms with Gasteiger partial charge in [0.05, 0.1) is 18.9 Å². The summed E-state index contributed by atoms with van der Waals surface area (Å²) >= 11 is 0. The Balaban J connectivity index is 1.66. The van der Waals surface area contributed by atoms with E-state index in [1.165, 1.54) is 5.56 Å². The van der Waals surface area contributed by atoms with Gasteiger partial charge < -0.3 is 9.15 Å². The first-order chi connectivity index (χ1) is 11.6. The molecule has 0 N–H and O–H groups in total. The molecule has 0 unspecified atom stereocenters. The molecule has 0 atom stereocenters. The topological polar surface area (TPSA) is 48.2 Å². The predicted molar refractivity (Wildman–Crippen MR) is 93.5 cm³/mol. The molecular weight excluding hydrogens is 300 g/mol. The lowest BCUT2D eigenvalue weighted by Gasteiger charge is -2.04. The molecule has 2 heterocycles. The highest BCUT2D eigenvalue weighted by molar-refractivity contribution is 5.54. The van der Waals surface area contributed by atoms with E-state index in [9.17, 15) is 0 Å². The molecule has 0 saturated carbocycles. The smallest absolute Gasteiger partial charge is 0.226 e. The standard InChI is InChI=1S/C20H22N2O2/c1-14(2)16-7-9-17(10-8-16)20-22-19(15(3)24-20)13-23-12-18-6-4-5-11-21-18/h4-11,14H,12-13H2,1-3H3. The molecule has 124 valence electrons. The minimum atomic E-state index is 0.413. The van der Waals surface area contributed by atoms with Gasteiger partial charge >= 0.3 is 0 Å². The van der Waals surface area contributed by atoms with Crippen LogP contribution in [0.1, 0.15) is 42.5 Å². The van der Waals surface area contributed by atoms with Crippen LogP contribution in [0.2, 0.25) is 0 Å². The fraction of sp³-hybridized carbons (Fsp3) is 0.300. The minimum absolute atomic E-state index is 0.413. The third-order valence-electron chi connectivity index (χ3n) is 3.93. The highest BCUT2D eigenvalue weighted by Gasteiger charge is 2.12.